The third-order valence-electron chi connectivity index (χ3n) is 2.50. The Balaban J connectivity index is 2.01. The van der Waals surface area contributed by atoms with E-state index in [4.69, 9.17) is 11.6 Å². The first kappa shape index (κ1) is 14.6. The first-order valence-corrected chi connectivity index (χ1v) is 7.91. The van der Waals surface area contributed by atoms with Gasteiger partial charge in [-0.05, 0) is 11.6 Å². The maximum Gasteiger partial charge on any atom is 0.251 e. The molecule has 0 fully saturated rings. The second-order valence-corrected chi connectivity index (χ2v) is 6.22. The Bertz CT molecular complexity index is 700. The lowest BCUT2D eigenvalue weighted by Crippen LogP contribution is -2.20. The van der Waals surface area contributed by atoms with Crippen LogP contribution in [-0.2, 0) is 15.8 Å². The summed E-state index contributed by atoms with van der Waals surface area (Å²) >= 11 is 5.94. The van der Waals surface area contributed by atoms with Crippen LogP contribution in [0.1, 0.15) is 11.1 Å². The molecule has 0 unspecified atom stereocenters. The number of benzene rings is 2. The molecule has 0 bridgehead atoms. The minimum Gasteiger partial charge on any atom is -0.205 e. The molecule has 2 rings (SSSR count). The number of sulfonamides is 1. The van der Waals surface area contributed by atoms with Gasteiger partial charge in [-0.2, -0.15) is 5.10 Å². The molecule has 0 saturated carbocycles. The average Bonchev–Trinajstić information content (AvgIpc) is 2.41. The van der Waals surface area contributed by atoms with E-state index in [0.29, 0.717) is 16.1 Å². The molecular formula is C14H13ClN2O2S. The Morgan fingerprint density at radius 1 is 1.05 bits per heavy atom. The minimum absolute atomic E-state index is 0.117. The van der Waals surface area contributed by atoms with Crippen molar-refractivity contribution >= 4 is 27.8 Å². The van der Waals surface area contributed by atoms with Crippen LogP contribution in [0.15, 0.2) is 59.7 Å². The Hall–Kier alpha value is -1.85. The van der Waals surface area contributed by atoms with Crippen molar-refractivity contribution in [1.29, 1.82) is 0 Å². The molecule has 2 aromatic rings. The molecule has 20 heavy (non-hydrogen) atoms. The Labute approximate surface area is 123 Å². The van der Waals surface area contributed by atoms with E-state index in [2.05, 4.69) is 9.93 Å². The minimum atomic E-state index is -3.51. The second kappa shape index (κ2) is 6.54. The molecule has 0 radical (unpaired) electrons. The fraction of sp³-hybridized carbons (Fsp3) is 0.0714. The lowest BCUT2D eigenvalue weighted by Gasteiger charge is -2.03. The van der Waals surface area contributed by atoms with Crippen LogP contribution in [0.25, 0.3) is 0 Å². The molecule has 0 aromatic heterocycles. The summed E-state index contributed by atoms with van der Waals surface area (Å²) in [7, 11) is -3.51. The molecule has 0 aliphatic heterocycles. The quantitative estimate of drug-likeness (QED) is 0.682. The third kappa shape index (κ3) is 4.36. The summed E-state index contributed by atoms with van der Waals surface area (Å²) in [4.78, 5) is 2.17. The van der Waals surface area contributed by atoms with Gasteiger partial charge >= 0.3 is 0 Å². The number of hydrogen-bond donors (Lipinski definition) is 1. The number of nitrogens with zero attached hydrogens (tertiary/aromatic N) is 1. The molecule has 0 amide bonds. The average molecular weight is 309 g/mol. The molecule has 6 heteroatoms. The predicted octanol–water partition coefficient (Wildman–Crippen LogP) is 2.79. The maximum absolute atomic E-state index is 11.8. The van der Waals surface area contributed by atoms with Crippen LogP contribution in [-0.4, -0.2) is 14.6 Å². The summed E-state index contributed by atoms with van der Waals surface area (Å²) in [5.74, 6) is -0.117. The molecule has 0 aliphatic rings. The Morgan fingerprint density at radius 3 is 2.40 bits per heavy atom. The van der Waals surface area contributed by atoms with Crippen LogP contribution in [0.3, 0.4) is 0 Å². The van der Waals surface area contributed by atoms with E-state index >= 15 is 0 Å². The first-order valence-electron chi connectivity index (χ1n) is 5.88. The van der Waals surface area contributed by atoms with Crippen LogP contribution in [0.4, 0.5) is 0 Å². The summed E-state index contributed by atoms with van der Waals surface area (Å²) in [6.07, 6.45) is 1.38. The summed E-state index contributed by atoms with van der Waals surface area (Å²) in [6, 6.07) is 16.0. The van der Waals surface area contributed by atoms with Crippen LogP contribution in [0, 0.1) is 0 Å². The number of rotatable bonds is 5. The van der Waals surface area contributed by atoms with E-state index in [-0.39, 0.29) is 5.75 Å². The highest BCUT2D eigenvalue weighted by Gasteiger charge is 2.09. The van der Waals surface area contributed by atoms with Gasteiger partial charge in [-0.1, -0.05) is 60.1 Å². The van der Waals surface area contributed by atoms with Gasteiger partial charge < -0.3 is 0 Å². The number of hydrazone groups is 1. The molecule has 4 nitrogen and oxygen atoms in total. The topological polar surface area (TPSA) is 58.5 Å². The standard InChI is InChI=1S/C14H13ClN2O2S/c15-14-9-5-4-8-13(14)10-16-17-20(18,19)11-12-6-2-1-3-7-12/h1-10,17H,11H2/b16-10+. The molecule has 104 valence electrons. The zero-order valence-corrected chi connectivity index (χ0v) is 12.1. The van der Waals surface area contributed by atoms with E-state index in [1.165, 1.54) is 6.21 Å². The van der Waals surface area contributed by atoms with E-state index in [0.717, 1.165) is 0 Å². The van der Waals surface area contributed by atoms with Gasteiger partial charge in [-0.15, -0.1) is 0 Å². The van der Waals surface area contributed by atoms with Gasteiger partial charge in [0, 0.05) is 10.6 Å². The molecular weight excluding hydrogens is 296 g/mol. The second-order valence-electron chi connectivity index (χ2n) is 4.12. The Morgan fingerprint density at radius 2 is 1.70 bits per heavy atom. The number of hydrogen-bond acceptors (Lipinski definition) is 3. The predicted molar refractivity (Wildman–Crippen MR) is 81.2 cm³/mol. The van der Waals surface area contributed by atoms with Crippen molar-refractivity contribution in [2.45, 2.75) is 5.75 Å². The molecule has 0 saturated heterocycles. The van der Waals surface area contributed by atoms with E-state index in [1.54, 1.807) is 48.5 Å². The van der Waals surface area contributed by atoms with Gasteiger partial charge in [0.1, 0.15) is 0 Å². The van der Waals surface area contributed by atoms with Crippen molar-refractivity contribution in [3.8, 4) is 0 Å². The van der Waals surface area contributed by atoms with Gasteiger partial charge in [-0.25, -0.2) is 13.2 Å². The summed E-state index contributed by atoms with van der Waals surface area (Å²) in [5.41, 5.74) is 1.35. The summed E-state index contributed by atoms with van der Waals surface area (Å²) < 4.78 is 23.6. The number of nitrogens with one attached hydrogen (secondary N) is 1. The molecule has 0 heterocycles. The summed E-state index contributed by atoms with van der Waals surface area (Å²) in [5, 5.41) is 4.24. The van der Waals surface area contributed by atoms with Gasteiger partial charge in [0.05, 0.1) is 12.0 Å². The van der Waals surface area contributed by atoms with Crippen molar-refractivity contribution in [1.82, 2.24) is 4.83 Å². The van der Waals surface area contributed by atoms with E-state index in [9.17, 15) is 8.42 Å². The lowest BCUT2D eigenvalue weighted by molar-refractivity contribution is 0.584. The van der Waals surface area contributed by atoms with Crippen molar-refractivity contribution < 1.29 is 8.42 Å². The van der Waals surface area contributed by atoms with E-state index in [1.807, 2.05) is 6.07 Å². The number of halogens is 1. The van der Waals surface area contributed by atoms with Crippen molar-refractivity contribution in [3.05, 3.63) is 70.7 Å². The van der Waals surface area contributed by atoms with Crippen LogP contribution >= 0.6 is 11.6 Å². The normalized spacial score (nSPS) is 11.7. The SMILES string of the molecule is O=S(=O)(Cc1ccccc1)N/N=C/c1ccccc1Cl. The highest BCUT2D eigenvalue weighted by atomic mass is 35.5. The van der Waals surface area contributed by atoms with Crippen molar-refractivity contribution in [3.63, 3.8) is 0 Å². The maximum atomic E-state index is 11.8. The van der Waals surface area contributed by atoms with E-state index < -0.39 is 10.0 Å². The zero-order chi connectivity index (χ0) is 14.4. The molecule has 1 N–H and O–H groups in total. The van der Waals surface area contributed by atoms with Gasteiger partial charge in [0.25, 0.3) is 10.0 Å². The highest BCUT2D eigenvalue weighted by molar-refractivity contribution is 7.88. The molecule has 0 atom stereocenters. The molecule has 0 aliphatic carbocycles. The fourth-order valence-corrected chi connectivity index (χ4v) is 2.68. The van der Waals surface area contributed by atoms with Crippen LogP contribution < -0.4 is 4.83 Å². The lowest BCUT2D eigenvalue weighted by atomic mass is 10.2. The summed E-state index contributed by atoms with van der Waals surface area (Å²) in [6.45, 7) is 0. The monoisotopic (exact) mass is 308 g/mol. The third-order valence-corrected chi connectivity index (χ3v) is 3.94. The van der Waals surface area contributed by atoms with Gasteiger partial charge in [0.2, 0.25) is 0 Å². The fourth-order valence-electron chi connectivity index (χ4n) is 1.58. The largest absolute Gasteiger partial charge is 0.251 e. The highest BCUT2D eigenvalue weighted by Crippen LogP contribution is 2.12. The molecule has 2 aromatic carbocycles. The van der Waals surface area contributed by atoms with Gasteiger partial charge in [-0.3, -0.25) is 0 Å². The van der Waals surface area contributed by atoms with Crippen LogP contribution in [0.2, 0.25) is 5.02 Å². The smallest absolute Gasteiger partial charge is 0.205 e. The van der Waals surface area contributed by atoms with Gasteiger partial charge in [0.15, 0.2) is 0 Å². The van der Waals surface area contributed by atoms with Crippen LogP contribution in [0.5, 0.6) is 0 Å². The van der Waals surface area contributed by atoms with Crippen molar-refractivity contribution in [2.24, 2.45) is 5.10 Å². The molecule has 0 spiro atoms. The van der Waals surface area contributed by atoms with Crippen molar-refractivity contribution in [2.75, 3.05) is 0 Å². The zero-order valence-electron chi connectivity index (χ0n) is 10.5. The Kier molecular flexibility index (Phi) is 4.76. The first-order chi connectivity index (χ1) is 9.57.